The van der Waals surface area contributed by atoms with E-state index in [2.05, 4.69) is 0 Å². The third-order valence-electron chi connectivity index (χ3n) is 3.27. The van der Waals surface area contributed by atoms with Crippen LogP contribution in [0.15, 0.2) is 0 Å². The van der Waals surface area contributed by atoms with Crippen molar-refractivity contribution < 1.29 is 19.4 Å². The summed E-state index contributed by atoms with van der Waals surface area (Å²) in [5.74, 6) is -0.961. The second kappa shape index (κ2) is 5.02. The number of carbonyl (C=O) groups is 2. The number of carboxylic acids is 1. The fourth-order valence-corrected chi connectivity index (χ4v) is 2.47. The monoisotopic (exact) mass is 271 g/mol. The minimum atomic E-state index is -0.961. The second-order valence-corrected chi connectivity index (χ2v) is 7.20. The van der Waals surface area contributed by atoms with E-state index in [-0.39, 0.29) is 11.5 Å². The molecule has 1 N–H and O–H groups in total. The van der Waals surface area contributed by atoms with Gasteiger partial charge in [-0.25, -0.2) is 9.59 Å². The first-order chi connectivity index (χ1) is 8.43. The molecule has 1 saturated heterocycles. The number of rotatable bonds is 1. The Morgan fingerprint density at radius 2 is 1.63 bits per heavy atom. The van der Waals surface area contributed by atoms with Crippen molar-refractivity contribution >= 4 is 12.1 Å². The quantitative estimate of drug-likeness (QED) is 0.796. The molecule has 0 aromatic heterocycles. The van der Waals surface area contributed by atoms with E-state index in [1.807, 2.05) is 20.8 Å². The third-order valence-corrected chi connectivity index (χ3v) is 3.27. The molecule has 1 fully saturated rings. The molecule has 0 saturated carbocycles. The SMILES string of the molecule is CC(C)(C)OC(=O)N1[C@H](C(=O)O)CC[C@@H]1C(C)(C)C. The van der Waals surface area contributed by atoms with Gasteiger partial charge in [-0.05, 0) is 39.0 Å². The fourth-order valence-electron chi connectivity index (χ4n) is 2.47. The summed E-state index contributed by atoms with van der Waals surface area (Å²) in [4.78, 5) is 25.0. The van der Waals surface area contributed by atoms with E-state index < -0.39 is 23.7 Å². The highest BCUT2D eigenvalue weighted by Gasteiger charge is 2.47. The Balaban J connectivity index is 2.99. The Kier molecular flexibility index (Phi) is 4.17. The van der Waals surface area contributed by atoms with Gasteiger partial charge in [0.25, 0.3) is 0 Å². The van der Waals surface area contributed by atoms with Gasteiger partial charge in [-0.3, -0.25) is 4.90 Å². The van der Waals surface area contributed by atoms with Crippen LogP contribution in [0, 0.1) is 5.41 Å². The Morgan fingerprint density at radius 3 is 2.00 bits per heavy atom. The van der Waals surface area contributed by atoms with Gasteiger partial charge < -0.3 is 9.84 Å². The van der Waals surface area contributed by atoms with Gasteiger partial charge in [0.05, 0.1) is 0 Å². The molecule has 0 radical (unpaired) electrons. The van der Waals surface area contributed by atoms with Gasteiger partial charge in [0, 0.05) is 6.04 Å². The van der Waals surface area contributed by atoms with Crippen molar-refractivity contribution in [1.82, 2.24) is 4.90 Å². The molecule has 0 aromatic carbocycles. The van der Waals surface area contributed by atoms with Crippen molar-refractivity contribution in [2.24, 2.45) is 5.41 Å². The molecule has 1 aliphatic heterocycles. The number of likely N-dealkylation sites (tertiary alicyclic amines) is 1. The van der Waals surface area contributed by atoms with Crippen molar-refractivity contribution in [1.29, 1.82) is 0 Å². The van der Waals surface area contributed by atoms with Crippen LogP contribution in [0.4, 0.5) is 4.79 Å². The zero-order valence-electron chi connectivity index (χ0n) is 12.7. The molecule has 1 aliphatic rings. The normalized spacial score (nSPS) is 24.4. The van der Waals surface area contributed by atoms with E-state index in [4.69, 9.17) is 4.74 Å². The number of nitrogens with zero attached hydrogens (tertiary/aromatic N) is 1. The van der Waals surface area contributed by atoms with Crippen molar-refractivity contribution in [3.63, 3.8) is 0 Å². The van der Waals surface area contributed by atoms with E-state index in [0.717, 1.165) is 0 Å². The first-order valence-electron chi connectivity index (χ1n) is 6.67. The first-order valence-corrected chi connectivity index (χ1v) is 6.67. The van der Waals surface area contributed by atoms with Crippen molar-refractivity contribution in [2.75, 3.05) is 0 Å². The van der Waals surface area contributed by atoms with Crippen LogP contribution in [0.1, 0.15) is 54.4 Å². The predicted molar refractivity (Wildman–Crippen MR) is 72.0 cm³/mol. The largest absolute Gasteiger partial charge is 0.480 e. The standard InChI is InChI=1S/C14H25NO4/c1-13(2,3)10-8-7-9(11(16)17)15(10)12(18)19-14(4,5)6/h9-10H,7-8H2,1-6H3,(H,16,17)/t9-,10+/m0/s1. The summed E-state index contributed by atoms with van der Waals surface area (Å²) in [7, 11) is 0. The number of carbonyl (C=O) groups excluding carboxylic acids is 1. The van der Waals surface area contributed by atoms with Gasteiger partial charge in [-0.1, -0.05) is 20.8 Å². The van der Waals surface area contributed by atoms with E-state index in [1.54, 1.807) is 20.8 Å². The molecule has 110 valence electrons. The van der Waals surface area contributed by atoms with Gasteiger partial charge in [0.15, 0.2) is 0 Å². The second-order valence-electron chi connectivity index (χ2n) is 7.20. The Bertz CT molecular complexity index is 365. The number of hydrogen-bond acceptors (Lipinski definition) is 3. The van der Waals surface area contributed by atoms with Crippen LogP contribution in [-0.4, -0.2) is 39.8 Å². The average molecular weight is 271 g/mol. The highest BCUT2D eigenvalue weighted by molar-refractivity contribution is 5.81. The molecule has 0 aliphatic carbocycles. The average Bonchev–Trinajstić information content (AvgIpc) is 2.57. The van der Waals surface area contributed by atoms with Crippen LogP contribution in [0.5, 0.6) is 0 Å². The van der Waals surface area contributed by atoms with Crippen LogP contribution < -0.4 is 0 Å². The fraction of sp³-hybridized carbons (Fsp3) is 0.857. The van der Waals surface area contributed by atoms with Crippen LogP contribution in [0.2, 0.25) is 0 Å². The highest BCUT2D eigenvalue weighted by Crippen LogP contribution is 2.37. The maximum absolute atomic E-state index is 12.3. The lowest BCUT2D eigenvalue weighted by Gasteiger charge is -2.37. The zero-order valence-corrected chi connectivity index (χ0v) is 12.7. The maximum atomic E-state index is 12.3. The smallest absolute Gasteiger partial charge is 0.411 e. The lowest BCUT2D eigenvalue weighted by atomic mass is 9.85. The number of ether oxygens (including phenoxy) is 1. The van der Waals surface area contributed by atoms with E-state index in [0.29, 0.717) is 12.8 Å². The molecule has 0 bridgehead atoms. The first kappa shape index (κ1) is 15.8. The Hall–Kier alpha value is -1.26. The molecule has 1 rings (SSSR count). The van der Waals surface area contributed by atoms with Gasteiger partial charge in [-0.2, -0.15) is 0 Å². The van der Waals surface area contributed by atoms with Gasteiger partial charge in [0.1, 0.15) is 11.6 Å². The topological polar surface area (TPSA) is 66.8 Å². The molecular weight excluding hydrogens is 246 g/mol. The van der Waals surface area contributed by atoms with Crippen LogP contribution in [-0.2, 0) is 9.53 Å². The third kappa shape index (κ3) is 3.85. The van der Waals surface area contributed by atoms with E-state index >= 15 is 0 Å². The molecule has 19 heavy (non-hydrogen) atoms. The van der Waals surface area contributed by atoms with Crippen molar-refractivity contribution in [3.05, 3.63) is 0 Å². The lowest BCUT2D eigenvalue weighted by molar-refractivity contribution is -0.143. The Morgan fingerprint density at radius 1 is 1.11 bits per heavy atom. The molecule has 0 unspecified atom stereocenters. The molecule has 1 amide bonds. The molecule has 5 heteroatoms. The molecule has 1 heterocycles. The zero-order chi connectivity index (χ0) is 15.0. The summed E-state index contributed by atoms with van der Waals surface area (Å²) in [6, 6.07) is -0.887. The molecular formula is C14H25NO4. The minimum Gasteiger partial charge on any atom is -0.480 e. The van der Waals surface area contributed by atoms with Crippen molar-refractivity contribution in [2.45, 2.75) is 72.1 Å². The van der Waals surface area contributed by atoms with Gasteiger partial charge in [-0.15, -0.1) is 0 Å². The molecule has 0 aromatic rings. The van der Waals surface area contributed by atoms with E-state index in [9.17, 15) is 14.7 Å². The maximum Gasteiger partial charge on any atom is 0.411 e. The summed E-state index contributed by atoms with van der Waals surface area (Å²) < 4.78 is 5.35. The van der Waals surface area contributed by atoms with Gasteiger partial charge >= 0.3 is 12.1 Å². The minimum absolute atomic E-state index is 0.108. The number of carboxylic acid groups (broad SMARTS) is 1. The Labute approximate surface area is 114 Å². The number of hydrogen-bond donors (Lipinski definition) is 1. The number of aliphatic carboxylic acids is 1. The van der Waals surface area contributed by atoms with Crippen molar-refractivity contribution in [3.8, 4) is 0 Å². The van der Waals surface area contributed by atoms with E-state index in [1.165, 1.54) is 4.90 Å². The summed E-state index contributed by atoms with van der Waals surface area (Å²) in [6.45, 7) is 11.4. The molecule has 2 atom stereocenters. The molecule has 0 spiro atoms. The number of amides is 1. The van der Waals surface area contributed by atoms with Crippen LogP contribution >= 0.6 is 0 Å². The highest BCUT2D eigenvalue weighted by atomic mass is 16.6. The lowest BCUT2D eigenvalue weighted by Crippen LogP contribution is -2.51. The predicted octanol–water partition coefficient (Wildman–Crippen LogP) is 2.89. The van der Waals surface area contributed by atoms with Crippen LogP contribution in [0.25, 0.3) is 0 Å². The summed E-state index contributed by atoms with van der Waals surface area (Å²) >= 11 is 0. The van der Waals surface area contributed by atoms with Crippen LogP contribution in [0.3, 0.4) is 0 Å². The van der Waals surface area contributed by atoms with Gasteiger partial charge in [0.2, 0.25) is 0 Å². The summed E-state index contributed by atoms with van der Waals surface area (Å²) in [5, 5.41) is 9.26. The molecule has 5 nitrogen and oxygen atoms in total. The summed E-state index contributed by atoms with van der Waals surface area (Å²) in [5.41, 5.74) is -0.785. The summed E-state index contributed by atoms with van der Waals surface area (Å²) in [6.07, 6.45) is 0.647.